The average Bonchev–Trinajstić information content (AvgIpc) is 3.04. The van der Waals surface area contributed by atoms with E-state index >= 15 is 0 Å². The maximum Gasteiger partial charge on any atom is 0.163 e. The highest BCUT2D eigenvalue weighted by atomic mass is 16.3. The topological polar surface area (TPSA) is 77.8 Å². The van der Waals surface area contributed by atoms with Crippen LogP contribution in [-0.4, -0.2) is 38.9 Å². The zero-order chi connectivity index (χ0) is 23.0. The largest absolute Gasteiger partial charge is 0.393 e. The van der Waals surface area contributed by atoms with Crippen LogP contribution in [0.4, 0.5) is 0 Å². The minimum atomic E-state index is -1.24. The predicted octanol–water partition coefficient (Wildman–Crippen LogP) is 4.88. The molecule has 0 spiro atoms. The molecule has 31 heavy (non-hydrogen) atoms. The van der Waals surface area contributed by atoms with Gasteiger partial charge in [0.25, 0.3) is 0 Å². The van der Waals surface area contributed by atoms with E-state index in [-0.39, 0.29) is 11.2 Å². The van der Waals surface area contributed by atoms with Gasteiger partial charge >= 0.3 is 0 Å². The summed E-state index contributed by atoms with van der Waals surface area (Å²) in [5, 5.41) is 30.1. The van der Waals surface area contributed by atoms with E-state index in [2.05, 4.69) is 32.6 Å². The zero-order valence-electron chi connectivity index (χ0n) is 19.9. The molecular formula is C27H42O4. The van der Waals surface area contributed by atoms with E-state index in [0.717, 1.165) is 24.0 Å². The Kier molecular flexibility index (Phi) is 7.35. The maximum absolute atomic E-state index is 12.2. The monoisotopic (exact) mass is 430 g/mol. The van der Waals surface area contributed by atoms with E-state index in [1.165, 1.54) is 31.3 Å². The summed E-state index contributed by atoms with van der Waals surface area (Å²) in [5.74, 6) is 1.55. The molecule has 4 heteroatoms. The second-order valence-corrected chi connectivity index (χ2v) is 11.2. The molecule has 0 radical (unpaired) electrons. The highest BCUT2D eigenvalue weighted by Gasteiger charge is 2.50. The van der Waals surface area contributed by atoms with Gasteiger partial charge in [0.15, 0.2) is 5.78 Å². The Labute approximate surface area is 188 Å². The summed E-state index contributed by atoms with van der Waals surface area (Å²) < 4.78 is 0. The van der Waals surface area contributed by atoms with E-state index in [4.69, 9.17) is 0 Å². The van der Waals surface area contributed by atoms with Crippen LogP contribution in [0, 0.1) is 23.2 Å². The van der Waals surface area contributed by atoms with Crippen molar-refractivity contribution in [3.63, 3.8) is 0 Å². The fourth-order valence-electron chi connectivity index (χ4n) is 6.55. The second-order valence-electron chi connectivity index (χ2n) is 11.2. The first-order valence-corrected chi connectivity index (χ1v) is 12.1. The number of allylic oxidation sites excluding steroid dienone is 3. The number of aliphatic hydroxyl groups excluding tert-OH is 2. The van der Waals surface area contributed by atoms with Gasteiger partial charge in [-0.25, -0.2) is 0 Å². The van der Waals surface area contributed by atoms with E-state index in [9.17, 15) is 20.1 Å². The van der Waals surface area contributed by atoms with Gasteiger partial charge in [-0.1, -0.05) is 38.2 Å². The first-order valence-electron chi connectivity index (χ1n) is 12.1. The number of fused-ring (bicyclic) bond motifs is 1. The molecule has 0 aromatic carbocycles. The summed E-state index contributed by atoms with van der Waals surface area (Å²) in [6, 6.07) is 0. The Bertz CT molecular complexity index is 756. The SMILES string of the molecule is C=C1/C(=C\C=C2/CCC[C@]3(C)[C@@H]([C@@H](C)CCC(=O)C(C)(C)O)CC[C@@H]23)C[C@@H](O)C[C@@H]1O. The summed E-state index contributed by atoms with van der Waals surface area (Å²) in [7, 11) is 0. The first kappa shape index (κ1) is 24.4. The van der Waals surface area contributed by atoms with E-state index < -0.39 is 17.8 Å². The van der Waals surface area contributed by atoms with Crippen molar-refractivity contribution in [2.45, 2.75) is 103 Å². The molecule has 3 saturated carbocycles. The summed E-state index contributed by atoms with van der Waals surface area (Å²) in [6.45, 7) is 11.9. The molecule has 0 aromatic rings. The van der Waals surface area contributed by atoms with Crippen LogP contribution in [0.15, 0.2) is 35.5 Å². The molecule has 0 aromatic heterocycles. The molecule has 3 fully saturated rings. The van der Waals surface area contributed by atoms with Crippen molar-refractivity contribution in [1.82, 2.24) is 0 Å². The van der Waals surface area contributed by atoms with Crippen LogP contribution < -0.4 is 0 Å². The summed E-state index contributed by atoms with van der Waals surface area (Å²) in [6.07, 6.45) is 11.3. The number of ketones is 1. The number of hydrogen-bond acceptors (Lipinski definition) is 4. The van der Waals surface area contributed by atoms with Gasteiger partial charge in [0.2, 0.25) is 0 Å². The lowest BCUT2D eigenvalue weighted by atomic mass is 9.60. The molecular weight excluding hydrogens is 388 g/mol. The molecule has 3 aliphatic rings. The van der Waals surface area contributed by atoms with Gasteiger partial charge in [-0.05, 0) is 93.1 Å². The minimum Gasteiger partial charge on any atom is -0.393 e. The van der Waals surface area contributed by atoms with Gasteiger partial charge in [0.1, 0.15) is 5.60 Å². The molecule has 3 aliphatic carbocycles. The van der Waals surface area contributed by atoms with Crippen LogP contribution >= 0.6 is 0 Å². The fraction of sp³-hybridized carbons (Fsp3) is 0.741. The smallest absolute Gasteiger partial charge is 0.163 e. The summed E-state index contributed by atoms with van der Waals surface area (Å²) >= 11 is 0. The molecule has 3 N–H and O–H groups in total. The standard InChI is InChI=1S/C27H42O4/c1-17(8-13-25(30)26(3,4)31)22-11-12-23-19(7-6-14-27(22,23)5)9-10-20-15-21(28)16-24(29)18(20)2/h9-10,17,21-24,28-29,31H,2,6-8,11-16H2,1,3-5H3/b19-9+,20-10-/t17-,21+,22+,23-,24-,27+/m0/s1. The first-order chi connectivity index (χ1) is 14.4. The van der Waals surface area contributed by atoms with Crippen LogP contribution in [0.25, 0.3) is 0 Å². The van der Waals surface area contributed by atoms with Gasteiger partial charge in [-0.3, -0.25) is 4.79 Å². The predicted molar refractivity (Wildman–Crippen MR) is 124 cm³/mol. The number of aliphatic hydroxyl groups is 3. The summed E-state index contributed by atoms with van der Waals surface area (Å²) in [4.78, 5) is 12.2. The van der Waals surface area contributed by atoms with Crippen LogP contribution in [-0.2, 0) is 4.79 Å². The van der Waals surface area contributed by atoms with Crippen LogP contribution in [0.1, 0.15) is 85.5 Å². The van der Waals surface area contributed by atoms with Gasteiger partial charge in [0.05, 0.1) is 12.2 Å². The van der Waals surface area contributed by atoms with Crippen molar-refractivity contribution < 1.29 is 20.1 Å². The van der Waals surface area contributed by atoms with Crippen molar-refractivity contribution >= 4 is 5.78 Å². The summed E-state index contributed by atoms with van der Waals surface area (Å²) in [5.41, 5.74) is 2.23. The number of carbonyl (C=O) groups is 1. The Morgan fingerprint density at radius 3 is 2.68 bits per heavy atom. The van der Waals surface area contributed by atoms with Crippen molar-refractivity contribution in [1.29, 1.82) is 0 Å². The molecule has 3 rings (SSSR count). The van der Waals surface area contributed by atoms with Crippen molar-refractivity contribution in [3.8, 4) is 0 Å². The third-order valence-corrected chi connectivity index (χ3v) is 8.50. The average molecular weight is 431 g/mol. The van der Waals surface area contributed by atoms with Crippen LogP contribution in [0.2, 0.25) is 0 Å². The highest BCUT2D eigenvalue weighted by Crippen LogP contribution is 2.59. The molecule has 4 nitrogen and oxygen atoms in total. The number of hydrogen-bond donors (Lipinski definition) is 3. The lowest BCUT2D eigenvalue weighted by Crippen LogP contribution is -2.36. The lowest BCUT2D eigenvalue weighted by molar-refractivity contribution is -0.134. The molecule has 174 valence electrons. The van der Waals surface area contributed by atoms with Crippen LogP contribution in [0.5, 0.6) is 0 Å². The third kappa shape index (κ3) is 5.23. The Hall–Kier alpha value is -1.23. The van der Waals surface area contributed by atoms with Crippen molar-refractivity contribution in [2.75, 3.05) is 0 Å². The van der Waals surface area contributed by atoms with Crippen molar-refractivity contribution in [2.24, 2.45) is 23.2 Å². The lowest BCUT2D eigenvalue weighted by Gasteiger charge is -2.44. The Morgan fingerprint density at radius 2 is 2.00 bits per heavy atom. The second kappa shape index (κ2) is 9.33. The Balaban J connectivity index is 1.72. The van der Waals surface area contributed by atoms with Gasteiger partial charge < -0.3 is 15.3 Å². The van der Waals surface area contributed by atoms with E-state index in [1.54, 1.807) is 13.8 Å². The fourth-order valence-corrected chi connectivity index (χ4v) is 6.55. The zero-order valence-corrected chi connectivity index (χ0v) is 19.9. The normalized spacial score (nSPS) is 37.8. The molecule has 0 heterocycles. The third-order valence-electron chi connectivity index (χ3n) is 8.50. The van der Waals surface area contributed by atoms with Crippen LogP contribution in [0.3, 0.4) is 0 Å². The Morgan fingerprint density at radius 1 is 1.29 bits per heavy atom. The van der Waals surface area contributed by atoms with Gasteiger partial charge in [0, 0.05) is 12.8 Å². The quantitative estimate of drug-likeness (QED) is 0.561. The molecule has 0 unspecified atom stereocenters. The molecule has 0 saturated heterocycles. The van der Waals surface area contributed by atoms with E-state index in [0.29, 0.717) is 37.0 Å². The molecule has 6 atom stereocenters. The van der Waals surface area contributed by atoms with Gasteiger partial charge in [-0.15, -0.1) is 0 Å². The minimum absolute atomic E-state index is 0.0630. The maximum atomic E-state index is 12.2. The molecule has 0 bridgehead atoms. The number of Topliss-reactive ketones (excluding diaryl/α,β-unsaturated/α-hetero) is 1. The molecule has 0 amide bonds. The van der Waals surface area contributed by atoms with Gasteiger partial charge in [-0.2, -0.15) is 0 Å². The van der Waals surface area contributed by atoms with E-state index in [1.807, 2.05) is 0 Å². The van der Waals surface area contributed by atoms with Crippen molar-refractivity contribution in [3.05, 3.63) is 35.5 Å². The number of carbonyl (C=O) groups excluding carboxylic acids is 1. The number of rotatable bonds is 6. The highest BCUT2D eigenvalue weighted by molar-refractivity contribution is 5.86. The molecule has 0 aliphatic heterocycles.